The molecule has 0 aliphatic carbocycles. The minimum Gasteiger partial charge on any atom is -0.496 e. The van der Waals surface area contributed by atoms with Crippen LogP contribution in [-0.4, -0.2) is 38.2 Å². The van der Waals surface area contributed by atoms with Crippen LogP contribution in [0.4, 0.5) is 26.3 Å². The van der Waals surface area contributed by atoms with E-state index in [1.807, 2.05) is 0 Å². The molecule has 0 bridgehead atoms. The molecule has 1 fully saturated rings. The second kappa shape index (κ2) is 8.01. The largest absolute Gasteiger partial charge is 0.496 e. The number of halogens is 7. The lowest BCUT2D eigenvalue weighted by atomic mass is 9.95. The molecule has 1 saturated heterocycles. The van der Waals surface area contributed by atoms with E-state index in [0.717, 1.165) is 7.11 Å². The molecule has 0 radical (unpaired) electrons. The molecule has 1 aliphatic heterocycles. The highest BCUT2D eigenvalue weighted by Gasteiger charge is 2.41. The van der Waals surface area contributed by atoms with Crippen molar-refractivity contribution in [2.24, 2.45) is 0 Å². The number of hydrogen-bond acceptors (Lipinski definition) is 3. The maximum atomic E-state index is 13.4. The Morgan fingerprint density at radius 3 is 2.04 bits per heavy atom. The van der Waals surface area contributed by atoms with Gasteiger partial charge in [-0.05, 0) is 19.1 Å². The Labute approximate surface area is 147 Å². The normalized spacial score (nSPS) is 17.8. The third-order valence-electron chi connectivity index (χ3n) is 4.11. The Hall–Kier alpha value is -1.19. The molecule has 1 atom stereocenters. The van der Waals surface area contributed by atoms with Gasteiger partial charge in [-0.1, -0.05) is 0 Å². The van der Waals surface area contributed by atoms with Crippen LogP contribution in [0.1, 0.15) is 29.7 Å². The maximum absolute atomic E-state index is 13.4. The van der Waals surface area contributed by atoms with E-state index in [1.165, 1.54) is 0 Å². The zero-order valence-electron chi connectivity index (χ0n) is 13.6. The van der Waals surface area contributed by atoms with Crippen LogP contribution in [0.3, 0.4) is 0 Å². The summed E-state index contributed by atoms with van der Waals surface area (Å²) >= 11 is 0. The Bertz CT molecular complexity index is 585. The number of rotatable bonds is 3. The first-order chi connectivity index (χ1) is 11.1. The van der Waals surface area contributed by atoms with E-state index in [0.29, 0.717) is 32.2 Å². The molecule has 10 heteroatoms. The van der Waals surface area contributed by atoms with Crippen molar-refractivity contribution in [1.29, 1.82) is 0 Å². The standard InChI is InChI=1S/C15H18F6N2O.ClH/c1-9(23-5-3-22-4-6-23)13-11(15(19,20)21)7-10(14(16,17)18)8-12(13)24-2;/h7-9,22H,3-6H2,1-2H3;1H/t9-;/m1./s1. The van der Waals surface area contributed by atoms with E-state index in [2.05, 4.69) is 5.32 Å². The molecule has 1 aromatic carbocycles. The van der Waals surface area contributed by atoms with E-state index < -0.39 is 35.3 Å². The van der Waals surface area contributed by atoms with Crippen LogP contribution < -0.4 is 10.1 Å². The summed E-state index contributed by atoms with van der Waals surface area (Å²) < 4.78 is 83.9. The monoisotopic (exact) mass is 392 g/mol. The first kappa shape index (κ1) is 21.9. The van der Waals surface area contributed by atoms with Gasteiger partial charge in [0.2, 0.25) is 0 Å². The van der Waals surface area contributed by atoms with Crippen LogP contribution in [0.25, 0.3) is 0 Å². The Kier molecular flexibility index (Phi) is 7.00. The summed E-state index contributed by atoms with van der Waals surface area (Å²) in [5.41, 5.74) is -2.94. The van der Waals surface area contributed by atoms with Gasteiger partial charge < -0.3 is 10.1 Å². The van der Waals surface area contributed by atoms with Gasteiger partial charge >= 0.3 is 12.4 Å². The van der Waals surface area contributed by atoms with Gasteiger partial charge in [0.25, 0.3) is 0 Å². The summed E-state index contributed by atoms with van der Waals surface area (Å²) in [5.74, 6) is -0.400. The quantitative estimate of drug-likeness (QED) is 0.783. The van der Waals surface area contributed by atoms with Crippen molar-refractivity contribution in [3.05, 3.63) is 28.8 Å². The zero-order chi connectivity index (χ0) is 18.1. The highest BCUT2D eigenvalue weighted by Crippen LogP contribution is 2.44. The minimum atomic E-state index is -4.91. The molecule has 1 aromatic rings. The second-order valence-electron chi connectivity index (χ2n) is 5.60. The van der Waals surface area contributed by atoms with Crippen LogP contribution in [-0.2, 0) is 12.4 Å². The first-order valence-corrected chi connectivity index (χ1v) is 7.36. The highest BCUT2D eigenvalue weighted by atomic mass is 35.5. The lowest BCUT2D eigenvalue weighted by Crippen LogP contribution is -2.44. The summed E-state index contributed by atoms with van der Waals surface area (Å²) in [6.45, 7) is 3.76. The summed E-state index contributed by atoms with van der Waals surface area (Å²) in [5, 5.41) is 3.08. The van der Waals surface area contributed by atoms with Gasteiger partial charge in [0.05, 0.1) is 18.2 Å². The number of nitrogens with zero attached hydrogens (tertiary/aromatic N) is 1. The third-order valence-corrected chi connectivity index (χ3v) is 4.11. The first-order valence-electron chi connectivity index (χ1n) is 7.36. The molecular formula is C15H19ClF6N2O. The van der Waals surface area contributed by atoms with Crippen molar-refractivity contribution in [1.82, 2.24) is 10.2 Å². The fraction of sp³-hybridized carbons (Fsp3) is 0.600. The van der Waals surface area contributed by atoms with Crippen LogP contribution in [0, 0.1) is 0 Å². The fourth-order valence-corrected chi connectivity index (χ4v) is 2.88. The molecule has 0 amide bonds. The van der Waals surface area contributed by atoms with Crippen molar-refractivity contribution in [2.75, 3.05) is 33.3 Å². The lowest BCUT2D eigenvalue weighted by Gasteiger charge is -2.35. The van der Waals surface area contributed by atoms with Gasteiger partial charge in [-0.3, -0.25) is 4.90 Å². The average Bonchev–Trinajstić information content (AvgIpc) is 2.52. The van der Waals surface area contributed by atoms with Crippen LogP contribution in [0.15, 0.2) is 12.1 Å². The van der Waals surface area contributed by atoms with Gasteiger partial charge in [-0.2, -0.15) is 26.3 Å². The number of hydrogen-bond donors (Lipinski definition) is 1. The zero-order valence-corrected chi connectivity index (χ0v) is 14.4. The number of nitrogens with one attached hydrogen (secondary N) is 1. The molecule has 1 aliphatic rings. The highest BCUT2D eigenvalue weighted by molar-refractivity contribution is 5.85. The summed E-state index contributed by atoms with van der Waals surface area (Å²) in [6.07, 6.45) is -9.80. The number of ether oxygens (including phenoxy) is 1. The minimum absolute atomic E-state index is 0. The predicted molar refractivity (Wildman–Crippen MR) is 83.1 cm³/mol. The molecular weight excluding hydrogens is 374 g/mol. The smallest absolute Gasteiger partial charge is 0.416 e. The summed E-state index contributed by atoms with van der Waals surface area (Å²) in [4.78, 5) is 1.79. The van der Waals surface area contributed by atoms with Gasteiger partial charge in [-0.25, -0.2) is 0 Å². The molecule has 25 heavy (non-hydrogen) atoms. The summed E-state index contributed by atoms with van der Waals surface area (Å²) in [7, 11) is 1.07. The van der Waals surface area contributed by atoms with Crippen molar-refractivity contribution >= 4 is 12.4 Å². The van der Waals surface area contributed by atoms with E-state index in [4.69, 9.17) is 4.74 Å². The number of methoxy groups -OCH3 is 1. The van der Waals surface area contributed by atoms with Crippen molar-refractivity contribution in [3.63, 3.8) is 0 Å². The van der Waals surface area contributed by atoms with E-state index in [-0.39, 0.29) is 24.0 Å². The predicted octanol–water partition coefficient (Wildman–Crippen LogP) is 4.12. The van der Waals surface area contributed by atoms with Crippen LogP contribution >= 0.6 is 12.4 Å². The molecule has 0 spiro atoms. The molecule has 3 nitrogen and oxygen atoms in total. The van der Waals surface area contributed by atoms with Crippen molar-refractivity contribution < 1.29 is 31.1 Å². The van der Waals surface area contributed by atoms with Crippen molar-refractivity contribution in [3.8, 4) is 5.75 Å². The topological polar surface area (TPSA) is 24.5 Å². The number of piperazine rings is 1. The third kappa shape index (κ3) is 4.92. The van der Waals surface area contributed by atoms with Gasteiger partial charge in [0, 0.05) is 37.8 Å². The lowest BCUT2D eigenvalue weighted by molar-refractivity contribution is -0.144. The average molecular weight is 393 g/mol. The molecule has 0 aromatic heterocycles. The fourth-order valence-electron chi connectivity index (χ4n) is 2.88. The molecule has 1 heterocycles. The van der Waals surface area contributed by atoms with E-state index >= 15 is 0 Å². The van der Waals surface area contributed by atoms with E-state index in [9.17, 15) is 26.3 Å². The Morgan fingerprint density at radius 2 is 1.60 bits per heavy atom. The Balaban J connectivity index is 0.00000312. The van der Waals surface area contributed by atoms with Crippen LogP contribution in [0.5, 0.6) is 5.75 Å². The summed E-state index contributed by atoms with van der Waals surface area (Å²) in [6, 6.07) is 0.0702. The van der Waals surface area contributed by atoms with Gasteiger partial charge in [-0.15, -0.1) is 12.4 Å². The molecule has 1 N–H and O–H groups in total. The van der Waals surface area contributed by atoms with Gasteiger partial charge in [0.15, 0.2) is 0 Å². The SMILES string of the molecule is COc1cc(C(F)(F)F)cc(C(F)(F)F)c1[C@@H](C)N1CCNCC1.Cl. The molecule has 0 unspecified atom stereocenters. The maximum Gasteiger partial charge on any atom is 0.416 e. The molecule has 2 rings (SSSR count). The van der Waals surface area contributed by atoms with E-state index in [1.54, 1.807) is 11.8 Å². The Morgan fingerprint density at radius 1 is 1.04 bits per heavy atom. The molecule has 0 saturated carbocycles. The number of benzene rings is 1. The van der Waals surface area contributed by atoms with Gasteiger partial charge in [0.1, 0.15) is 5.75 Å². The van der Waals surface area contributed by atoms with Crippen LogP contribution in [0.2, 0.25) is 0 Å². The second-order valence-corrected chi connectivity index (χ2v) is 5.60. The number of alkyl halides is 6. The van der Waals surface area contributed by atoms with Crippen molar-refractivity contribution in [2.45, 2.75) is 25.3 Å². The molecule has 144 valence electrons.